The van der Waals surface area contributed by atoms with E-state index in [4.69, 9.17) is 10.5 Å². The SMILES string of the molecule is CCC(C)c1ccc(NC(N)=NCCOc2cccnc2)cc1.I. The molecule has 1 heterocycles. The molecule has 0 aliphatic heterocycles. The Morgan fingerprint density at radius 2 is 2.04 bits per heavy atom. The van der Waals surface area contributed by atoms with Crippen molar-refractivity contribution in [1.29, 1.82) is 0 Å². The second-order valence-corrected chi connectivity index (χ2v) is 5.36. The molecule has 0 aliphatic carbocycles. The van der Waals surface area contributed by atoms with Gasteiger partial charge in [-0.3, -0.25) is 4.98 Å². The Balaban J connectivity index is 0.00000288. The molecule has 2 aromatic rings. The van der Waals surface area contributed by atoms with Gasteiger partial charge in [-0.05, 0) is 42.2 Å². The summed E-state index contributed by atoms with van der Waals surface area (Å²) < 4.78 is 5.51. The van der Waals surface area contributed by atoms with E-state index in [1.54, 1.807) is 12.4 Å². The normalized spacial score (nSPS) is 12.2. The van der Waals surface area contributed by atoms with Crippen LogP contribution in [0.2, 0.25) is 0 Å². The van der Waals surface area contributed by atoms with Crippen molar-refractivity contribution < 1.29 is 4.74 Å². The highest BCUT2D eigenvalue weighted by molar-refractivity contribution is 14.0. The lowest BCUT2D eigenvalue weighted by Crippen LogP contribution is -2.23. The zero-order valence-corrected chi connectivity index (χ0v) is 16.4. The van der Waals surface area contributed by atoms with Crippen molar-refractivity contribution in [2.24, 2.45) is 10.7 Å². The smallest absolute Gasteiger partial charge is 0.193 e. The molecule has 0 spiro atoms. The fourth-order valence-electron chi connectivity index (χ4n) is 2.08. The number of guanidine groups is 1. The summed E-state index contributed by atoms with van der Waals surface area (Å²) in [5, 5.41) is 3.08. The van der Waals surface area contributed by atoms with Gasteiger partial charge in [-0.15, -0.1) is 24.0 Å². The summed E-state index contributed by atoms with van der Waals surface area (Å²) in [6.07, 6.45) is 4.51. The number of hydrogen-bond donors (Lipinski definition) is 2. The van der Waals surface area contributed by atoms with E-state index in [-0.39, 0.29) is 24.0 Å². The average Bonchev–Trinajstić information content (AvgIpc) is 2.59. The van der Waals surface area contributed by atoms with E-state index in [0.29, 0.717) is 25.0 Å². The van der Waals surface area contributed by atoms with Crippen LogP contribution < -0.4 is 15.8 Å². The van der Waals surface area contributed by atoms with Gasteiger partial charge in [0.15, 0.2) is 5.96 Å². The number of halogens is 1. The maximum atomic E-state index is 5.88. The number of aliphatic imine (C=N–C) groups is 1. The van der Waals surface area contributed by atoms with E-state index in [0.717, 1.165) is 17.9 Å². The molecule has 130 valence electrons. The highest BCUT2D eigenvalue weighted by Gasteiger charge is 2.02. The van der Waals surface area contributed by atoms with E-state index in [2.05, 4.69) is 41.3 Å². The summed E-state index contributed by atoms with van der Waals surface area (Å²) in [5.74, 6) is 1.69. The lowest BCUT2D eigenvalue weighted by atomic mass is 9.99. The van der Waals surface area contributed by atoms with E-state index in [1.807, 2.05) is 24.3 Å². The third-order valence-corrected chi connectivity index (χ3v) is 3.64. The van der Waals surface area contributed by atoms with Gasteiger partial charge in [-0.25, -0.2) is 4.99 Å². The Kier molecular flexibility index (Phi) is 9.14. The number of hydrogen-bond acceptors (Lipinski definition) is 3. The van der Waals surface area contributed by atoms with E-state index in [9.17, 15) is 0 Å². The molecule has 2 rings (SSSR count). The van der Waals surface area contributed by atoms with Crippen LogP contribution in [-0.2, 0) is 0 Å². The van der Waals surface area contributed by atoms with Crippen LogP contribution in [0.25, 0.3) is 0 Å². The van der Waals surface area contributed by atoms with Gasteiger partial charge in [0.1, 0.15) is 12.4 Å². The summed E-state index contributed by atoms with van der Waals surface area (Å²) in [4.78, 5) is 8.23. The molecule has 24 heavy (non-hydrogen) atoms. The van der Waals surface area contributed by atoms with Gasteiger partial charge in [-0.2, -0.15) is 0 Å². The molecule has 0 saturated carbocycles. The van der Waals surface area contributed by atoms with E-state index < -0.39 is 0 Å². The van der Waals surface area contributed by atoms with Crippen molar-refractivity contribution in [3.63, 3.8) is 0 Å². The molecule has 3 N–H and O–H groups in total. The van der Waals surface area contributed by atoms with Gasteiger partial charge in [0.2, 0.25) is 0 Å². The monoisotopic (exact) mass is 440 g/mol. The maximum absolute atomic E-state index is 5.88. The number of nitrogens with two attached hydrogens (primary N) is 1. The van der Waals surface area contributed by atoms with Gasteiger partial charge < -0.3 is 15.8 Å². The molecule has 0 fully saturated rings. The minimum Gasteiger partial charge on any atom is -0.490 e. The summed E-state index contributed by atoms with van der Waals surface area (Å²) in [7, 11) is 0. The molecule has 0 radical (unpaired) electrons. The average molecular weight is 440 g/mol. The third kappa shape index (κ3) is 6.74. The predicted molar refractivity (Wildman–Crippen MR) is 110 cm³/mol. The van der Waals surface area contributed by atoms with Crippen molar-refractivity contribution in [3.05, 3.63) is 54.4 Å². The van der Waals surface area contributed by atoms with Gasteiger partial charge >= 0.3 is 0 Å². The van der Waals surface area contributed by atoms with Crippen molar-refractivity contribution in [1.82, 2.24) is 4.98 Å². The van der Waals surface area contributed by atoms with Gasteiger partial charge in [0.25, 0.3) is 0 Å². The molecule has 6 heteroatoms. The van der Waals surface area contributed by atoms with E-state index >= 15 is 0 Å². The van der Waals surface area contributed by atoms with Gasteiger partial charge in [0.05, 0.1) is 12.7 Å². The minimum atomic E-state index is 0. The van der Waals surface area contributed by atoms with Crippen LogP contribution in [0.3, 0.4) is 0 Å². The Labute approximate surface area is 160 Å². The highest BCUT2D eigenvalue weighted by atomic mass is 127. The lowest BCUT2D eigenvalue weighted by molar-refractivity contribution is 0.327. The van der Waals surface area contributed by atoms with Gasteiger partial charge in [0, 0.05) is 11.9 Å². The fourth-order valence-corrected chi connectivity index (χ4v) is 2.08. The van der Waals surface area contributed by atoms with Gasteiger partial charge in [-0.1, -0.05) is 26.0 Å². The molecule has 0 amide bonds. The first-order chi connectivity index (χ1) is 11.2. The number of rotatable bonds is 7. The van der Waals surface area contributed by atoms with Crippen LogP contribution in [-0.4, -0.2) is 24.1 Å². The van der Waals surface area contributed by atoms with Crippen LogP contribution in [0.1, 0.15) is 31.7 Å². The molecular formula is C18H25IN4O. The highest BCUT2D eigenvalue weighted by Crippen LogP contribution is 2.20. The zero-order valence-electron chi connectivity index (χ0n) is 14.1. The first kappa shape index (κ1) is 20.2. The number of nitrogens with zero attached hydrogens (tertiary/aromatic N) is 2. The Bertz CT molecular complexity index is 617. The molecule has 0 saturated heterocycles. The second-order valence-electron chi connectivity index (χ2n) is 5.36. The topological polar surface area (TPSA) is 72.5 Å². The predicted octanol–water partition coefficient (Wildman–Crippen LogP) is 4.02. The Hall–Kier alpha value is -1.83. The molecular weight excluding hydrogens is 415 g/mol. The third-order valence-electron chi connectivity index (χ3n) is 3.64. The Morgan fingerprint density at radius 1 is 1.29 bits per heavy atom. The van der Waals surface area contributed by atoms with Crippen molar-refractivity contribution in [2.45, 2.75) is 26.2 Å². The molecule has 0 aliphatic rings. The maximum Gasteiger partial charge on any atom is 0.193 e. The number of aromatic nitrogens is 1. The summed E-state index contributed by atoms with van der Waals surface area (Å²) in [6.45, 7) is 5.36. The molecule has 5 nitrogen and oxygen atoms in total. The Morgan fingerprint density at radius 3 is 2.67 bits per heavy atom. The quantitative estimate of drug-likeness (QED) is 0.295. The number of nitrogens with one attached hydrogen (secondary N) is 1. The lowest BCUT2D eigenvalue weighted by Gasteiger charge is -2.11. The van der Waals surface area contributed by atoms with Crippen LogP contribution in [0.4, 0.5) is 5.69 Å². The zero-order chi connectivity index (χ0) is 16.5. The molecule has 1 unspecified atom stereocenters. The summed E-state index contributed by atoms with van der Waals surface area (Å²) >= 11 is 0. The minimum absolute atomic E-state index is 0. The summed E-state index contributed by atoms with van der Waals surface area (Å²) in [6, 6.07) is 12.0. The van der Waals surface area contributed by atoms with Crippen molar-refractivity contribution in [2.75, 3.05) is 18.5 Å². The summed E-state index contributed by atoms with van der Waals surface area (Å²) in [5.41, 5.74) is 8.15. The number of pyridine rings is 1. The largest absolute Gasteiger partial charge is 0.490 e. The van der Waals surface area contributed by atoms with Crippen LogP contribution in [0.15, 0.2) is 53.8 Å². The van der Waals surface area contributed by atoms with Crippen molar-refractivity contribution in [3.8, 4) is 5.75 Å². The van der Waals surface area contributed by atoms with Crippen LogP contribution >= 0.6 is 24.0 Å². The molecule has 1 atom stereocenters. The molecule has 1 aromatic heterocycles. The standard InChI is InChI=1S/C18H24N4O.HI/c1-3-14(2)15-6-8-16(9-7-15)22-18(19)21-11-12-23-17-5-4-10-20-13-17;/h4-10,13-14H,3,11-12H2,1-2H3,(H3,19,21,22);1H. The van der Waals surface area contributed by atoms with E-state index in [1.165, 1.54) is 5.56 Å². The number of anilines is 1. The van der Waals surface area contributed by atoms with Crippen LogP contribution in [0.5, 0.6) is 5.75 Å². The first-order valence-electron chi connectivity index (χ1n) is 7.88. The van der Waals surface area contributed by atoms with Crippen LogP contribution in [0, 0.1) is 0 Å². The first-order valence-corrected chi connectivity index (χ1v) is 7.88. The number of ether oxygens (including phenoxy) is 1. The van der Waals surface area contributed by atoms with Crippen molar-refractivity contribution >= 4 is 35.6 Å². The second kappa shape index (κ2) is 10.9. The number of benzene rings is 1. The molecule has 0 bridgehead atoms. The molecule has 1 aromatic carbocycles. The fraction of sp³-hybridized carbons (Fsp3) is 0.333.